The molecular formula is C53H60O7. The van der Waals surface area contributed by atoms with Crippen LogP contribution in [0.5, 0.6) is 0 Å². The molecule has 6 aromatic carbocycles. The van der Waals surface area contributed by atoms with Gasteiger partial charge in [0, 0.05) is 23.7 Å². The van der Waals surface area contributed by atoms with Crippen molar-refractivity contribution in [1.82, 2.24) is 0 Å². The predicted molar refractivity (Wildman–Crippen MR) is 237 cm³/mol. The normalized spacial score (nSPS) is 16.8. The van der Waals surface area contributed by atoms with Gasteiger partial charge >= 0.3 is 0 Å². The molecular weight excluding hydrogens is 749 g/mol. The predicted octanol–water partition coefficient (Wildman–Crippen LogP) is 8.35. The van der Waals surface area contributed by atoms with Crippen molar-refractivity contribution in [1.29, 1.82) is 0 Å². The summed E-state index contributed by atoms with van der Waals surface area (Å²) in [7, 11) is 0. The first kappa shape index (κ1) is 44.6. The van der Waals surface area contributed by atoms with Gasteiger partial charge in [0.2, 0.25) is 0 Å². The number of aliphatic hydroxyl groups excluding tert-OH is 5. The van der Waals surface area contributed by atoms with Crippen LogP contribution in [-0.4, -0.2) is 69.3 Å². The molecule has 7 heteroatoms. The van der Waals surface area contributed by atoms with Crippen molar-refractivity contribution in [2.45, 2.75) is 69.4 Å². The SMILES string of the molecule is C[C@@H]([C@@H](O)[C@H](C)C(O)[C@H](C)[C@@H](O)[C@H](C)[C@@H](O)COC(c1ccccc1)(c1ccccc1)c1ccccc1)[C@@H](O)COC(c1ccccc1)(c1ccccc1)c1ccccc1. The van der Waals surface area contributed by atoms with Gasteiger partial charge in [0.25, 0.3) is 0 Å². The molecule has 9 atom stereocenters. The lowest BCUT2D eigenvalue weighted by atomic mass is 9.77. The minimum atomic E-state index is -1.17. The average Bonchev–Trinajstić information content (AvgIpc) is 3.32. The third-order valence-corrected chi connectivity index (χ3v) is 12.5. The maximum absolute atomic E-state index is 11.7. The molecule has 0 bridgehead atoms. The van der Waals surface area contributed by atoms with E-state index in [1.54, 1.807) is 27.7 Å². The Morgan fingerprint density at radius 2 is 0.500 bits per heavy atom. The van der Waals surface area contributed by atoms with E-state index in [9.17, 15) is 25.5 Å². The molecule has 0 aliphatic carbocycles. The van der Waals surface area contributed by atoms with E-state index < -0.39 is 65.4 Å². The number of hydrogen-bond donors (Lipinski definition) is 5. The van der Waals surface area contributed by atoms with Crippen LogP contribution in [0.2, 0.25) is 0 Å². The van der Waals surface area contributed by atoms with Crippen LogP contribution < -0.4 is 0 Å². The highest BCUT2D eigenvalue weighted by molar-refractivity contribution is 5.49. The number of ether oxygens (including phenoxy) is 2. The lowest BCUT2D eigenvalue weighted by Gasteiger charge is -2.40. The van der Waals surface area contributed by atoms with Crippen LogP contribution in [0.1, 0.15) is 61.1 Å². The molecule has 0 saturated heterocycles. The zero-order chi connectivity index (χ0) is 42.7. The number of aliphatic hydroxyl groups is 5. The highest BCUT2D eigenvalue weighted by atomic mass is 16.5. The molecule has 0 spiro atoms. The second kappa shape index (κ2) is 20.5. The standard InChI is InChI=1S/C53H60O7/c1-37(47(54)35-59-52(41-23-11-5-12-24-41,42-25-13-6-14-26-42)43-27-15-7-16-28-43)49(56)39(3)51(58)40(4)50(57)38(2)48(55)36-60-53(44-29-17-8-18-30-44,45-31-19-9-20-32-45)46-33-21-10-22-34-46/h5-34,37-40,47-51,54-58H,35-36H2,1-4H3/t37-,38-,39-,40+,47+,48+,49+,50-,51?/m1/s1. The first-order chi connectivity index (χ1) is 29.0. The molecule has 7 nitrogen and oxygen atoms in total. The molecule has 0 saturated carbocycles. The second-order valence-corrected chi connectivity index (χ2v) is 16.2. The van der Waals surface area contributed by atoms with Gasteiger partial charge in [-0.1, -0.05) is 210 Å². The average molecular weight is 809 g/mol. The molecule has 0 aliphatic heterocycles. The summed E-state index contributed by atoms with van der Waals surface area (Å²) >= 11 is 0. The van der Waals surface area contributed by atoms with E-state index in [-0.39, 0.29) is 13.2 Å². The van der Waals surface area contributed by atoms with E-state index in [0.717, 1.165) is 33.4 Å². The molecule has 0 aromatic heterocycles. The summed E-state index contributed by atoms with van der Waals surface area (Å²) in [4.78, 5) is 0. The van der Waals surface area contributed by atoms with Gasteiger partial charge in [-0.15, -0.1) is 0 Å². The van der Waals surface area contributed by atoms with E-state index >= 15 is 0 Å². The van der Waals surface area contributed by atoms with Gasteiger partial charge in [-0.3, -0.25) is 0 Å². The zero-order valence-corrected chi connectivity index (χ0v) is 35.0. The fraction of sp³-hybridized carbons (Fsp3) is 0.321. The van der Waals surface area contributed by atoms with Crippen molar-refractivity contribution in [3.63, 3.8) is 0 Å². The van der Waals surface area contributed by atoms with Crippen molar-refractivity contribution < 1.29 is 35.0 Å². The first-order valence-corrected chi connectivity index (χ1v) is 21.0. The molecule has 314 valence electrons. The quantitative estimate of drug-likeness (QED) is 0.0492. The Hall–Kier alpha value is -4.96. The summed E-state index contributed by atoms with van der Waals surface area (Å²) in [6.07, 6.45) is -5.70. The minimum absolute atomic E-state index is 0.114. The Morgan fingerprint density at radius 1 is 0.317 bits per heavy atom. The van der Waals surface area contributed by atoms with E-state index in [0.29, 0.717) is 0 Å². The van der Waals surface area contributed by atoms with E-state index in [4.69, 9.17) is 9.47 Å². The maximum atomic E-state index is 11.7. The smallest absolute Gasteiger partial charge is 0.143 e. The lowest BCUT2D eigenvalue weighted by molar-refractivity contribution is -0.118. The Balaban J connectivity index is 1.14. The number of benzene rings is 6. The largest absolute Gasteiger partial charge is 0.392 e. The highest BCUT2D eigenvalue weighted by Crippen LogP contribution is 2.42. The molecule has 0 radical (unpaired) electrons. The monoisotopic (exact) mass is 808 g/mol. The molecule has 0 amide bonds. The molecule has 0 heterocycles. The second-order valence-electron chi connectivity index (χ2n) is 16.2. The third kappa shape index (κ3) is 9.49. The van der Waals surface area contributed by atoms with Crippen LogP contribution in [0.15, 0.2) is 182 Å². The maximum Gasteiger partial charge on any atom is 0.143 e. The highest BCUT2D eigenvalue weighted by Gasteiger charge is 2.43. The van der Waals surface area contributed by atoms with Crippen LogP contribution in [0.4, 0.5) is 0 Å². The Kier molecular flexibility index (Phi) is 15.3. The Labute approximate surface area is 355 Å². The topological polar surface area (TPSA) is 120 Å². The lowest BCUT2D eigenvalue weighted by Crippen LogP contribution is -2.48. The molecule has 1 unspecified atom stereocenters. The van der Waals surface area contributed by atoms with Crippen molar-refractivity contribution in [3.8, 4) is 0 Å². The first-order valence-electron chi connectivity index (χ1n) is 21.0. The van der Waals surface area contributed by atoms with E-state index in [1.807, 2.05) is 182 Å². The van der Waals surface area contributed by atoms with Crippen molar-refractivity contribution in [2.75, 3.05) is 13.2 Å². The van der Waals surface area contributed by atoms with Crippen LogP contribution in [0, 0.1) is 23.7 Å². The fourth-order valence-corrected chi connectivity index (χ4v) is 8.56. The Bertz CT molecular complexity index is 1770. The van der Waals surface area contributed by atoms with Crippen molar-refractivity contribution in [2.24, 2.45) is 23.7 Å². The van der Waals surface area contributed by atoms with Gasteiger partial charge in [0.1, 0.15) is 11.2 Å². The van der Waals surface area contributed by atoms with Gasteiger partial charge in [0.05, 0.1) is 43.7 Å². The van der Waals surface area contributed by atoms with Crippen LogP contribution >= 0.6 is 0 Å². The summed E-state index contributed by atoms with van der Waals surface area (Å²) in [6, 6.07) is 59.3. The molecule has 60 heavy (non-hydrogen) atoms. The summed E-state index contributed by atoms with van der Waals surface area (Å²) in [5.41, 5.74) is 3.24. The molecule has 5 N–H and O–H groups in total. The fourth-order valence-electron chi connectivity index (χ4n) is 8.56. The van der Waals surface area contributed by atoms with Crippen LogP contribution in [-0.2, 0) is 20.7 Å². The van der Waals surface area contributed by atoms with Gasteiger partial charge in [-0.25, -0.2) is 0 Å². The summed E-state index contributed by atoms with van der Waals surface area (Å²) in [5.74, 6) is -2.91. The summed E-state index contributed by atoms with van der Waals surface area (Å²) < 4.78 is 13.7. The molecule has 6 aromatic rings. The number of hydrogen-bond acceptors (Lipinski definition) is 7. The van der Waals surface area contributed by atoms with Crippen LogP contribution in [0.3, 0.4) is 0 Å². The zero-order valence-electron chi connectivity index (χ0n) is 35.0. The molecule has 0 fully saturated rings. The van der Waals surface area contributed by atoms with Crippen molar-refractivity contribution >= 4 is 0 Å². The van der Waals surface area contributed by atoms with E-state index in [1.165, 1.54) is 0 Å². The van der Waals surface area contributed by atoms with E-state index in [2.05, 4.69) is 0 Å². The summed E-state index contributed by atoms with van der Waals surface area (Å²) in [6.45, 7) is 6.67. The van der Waals surface area contributed by atoms with Gasteiger partial charge < -0.3 is 35.0 Å². The van der Waals surface area contributed by atoms with Crippen LogP contribution in [0.25, 0.3) is 0 Å². The summed E-state index contributed by atoms with van der Waals surface area (Å²) in [5, 5.41) is 58.2. The molecule has 6 rings (SSSR count). The van der Waals surface area contributed by atoms with Gasteiger partial charge in [-0.05, 0) is 33.4 Å². The van der Waals surface area contributed by atoms with Crippen molar-refractivity contribution in [3.05, 3.63) is 215 Å². The minimum Gasteiger partial charge on any atom is -0.392 e. The Morgan fingerprint density at radius 3 is 0.700 bits per heavy atom. The number of rotatable bonds is 20. The third-order valence-electron chi connectivity index (χ3n) is 12.5. The molecule has 0 aliphatic rings. The van der Waals surface area contributed by atoms with Gasteiger partial charge in [-0.2, -0.15) is 0 Å². The van der Waals surface area contributed by atoms with Gasteiger partial charge in [0.15, 0.2) is 0 Å².